The second-order valence-electron chi connectivity index (χ2n) is 4.31. The van der Waals surface area contributed by atoms with Crippen molar-refractivity contribution in [2.24, 2.45) is 0 Å². The second-order valence-corrected chi connectivity index (χ2v) is 5.87. The molecular weight excluding hydrogens is 331 g/mol. The zero-order valence-electron chi connectivity index (χ0n) is 11.6. The van der Waals surface area contributed by atoms with Gasteiger partial charge in [-0.2, -0.15) is 0 Å². The number of esters is 1. The van der Waals surface area contributed by atoms with E-state index in [0.29, 0.717) is 15.9 Å². The first kappa shape index (κ1) is 16.1. The summed E-state index contributed by atoms with van der Waals surface area (Å²) in [6.45, 7) is 3.69. The summed E-state index contributed by atoms with van der Waals surface area (Å²) in [5.41, 5.74) is 1.71. The highest BCUT2D eigenvalue weighted by Gasteiger charge is 2.17. The van der Waals surface area contributed by atoms with Crippen LogP contribution in [0.4, 0.5) is 0 Å². The standard InChI is InChI=1S/C14H12Cl2N2O2S/c1-7-4-9(5-8(2)11(7)16)20-13(19)12-10(15)6-17-14(18-12)21-3/h4-6H,1-3H3. The van der Waals surface area contributed by atoms with E-state index in [0.717, 1.165) is 11.1 Å². The fraction of sp³-hybridized carbons (Fsp3) is 0.214. The van der Waals surface area contributed by atoms with Crippen LogP contribution in [-0.4, -0.2) is 22.2 Å². The first-order chi connectivity index (χ1) is 9.92. The van der Waals surface area contributed by atoms with Crippen molar-refractivity contribution in [2.75, 3.05) is 6.26 Å². The zero-order valence-corrected chi connectivity index (χ0v) is 13.9. The number of nitrogens with zero attached hydrogens (tertiary/aromatic N) is 2. The van der Waals surface area contributed by atoms with Crippen molar-refractivity contribution in [3.8, 4) is 5.75 Å². The van der Waals surface area contributed by atoms with Gasteiger partial charge in [-0.15, -0.1) is 0 Å². The number of hydrogen-bond donors (Lipinski definition) is 0. The van der Waals surface area contributed by atoms with Gasteiger partial charge < -0.3 is 4.74 Å². The normalized spacial score (nSPS) is 10.5. The summed E-state index contributed by atoms with van der Waals surface area (Å²) in [5, 5.41) is 1.26. The van der Waals surface area contributed by atoms with E-state index < -0.39 is 5.97 Å². The molecule has 0 unspecified atom stereocenters. The summed E-state index contributed by atoms with van der Waals surface area (Å²) in [6, 6.07) is 3.38. The van der Waals surface area contributed by atoms with Gasteiger partial charge in [0, 0.05) is 5.02 Å². The number of aryl methyl sites for hydroxylation is 2. The maximum Gasteiger partial charge on any atom is 0.364 e. The summed E-state index contributed by atoms with van der Waals surface area (Å²) in [6.07, 6.45) is 3.19. The van der Waals surface area contributed by atoms with Gasteiger partial charge in [-0.1, -0.05) is 35.0 Å². The summed E-state index contributed by atoms with van der Waals surface area (Å²) in [4.78, 5) is 20.2. The Hall–Kier alpha value is -1.30. The van der Waals surface area contributed by atoms with Crippen LogP contribution in [0, 0.1) is 13.8 Å². The van der Waals surface area contributed by atoms with E-state index in [4.69, 9.17) is 27.9 Å². The van der Waals surface area contributed by atoms with Gasteiger partial charge in [-0.25, -0.2) is 14.8 Å². The average molecular weight is 343 g/mol. The first-order valence-electron chi connectivity index (χ1n) is 5.98. The van der Waals surface area contributed by atoms with Gasteiger partial charge in [-0.3, -0.25) is 0 Å². The van der Waals surface area contributed by atoms with E-state index in [1.54, 1.807) is 12.1 Å². The summed E-state index contributed by atoms with van der Waals surface area (Å²) >= 11 is 13.3. The molecule has 1 aromatic carbocycles. The Morgan fingerprint density at radius 2 is 1.86 bits per heavy atom. The van der Waals surface area contributed by atoms with Crippen LogP contribution in [0.5, 0.6) is 5.75 Å². The minimum absolute atomic E-state index is 0.0428. The molecule has 0 bridgehead atoms. The number of halogens is 2. The molecule has 110 valence electrons. The maximum atomic E-state index is 12.2. The quantitative estimate of drug-likeness (QED) is 0.359. The third-order valence-corrected chi connectivity index (χ3v) is 4.15. The van der Waals surface area contributed by atoms with Crippen LogP contribution in [0.2, 0.25) is 10.0 Å². The van der Waals surface area contributed by atoms with Crippen molar-refractivity contribution in [1.29, 1.82) is 0 Å². The summed E-state index contributed by atoms with van der Waals surface area (Å²) < 4.78 is 5.32. The topological polar surface area (TPSA) is 52.1 Å². The second kappa shape index (κ2) is 6.64. The molecule has 1 aromatic heterocycles. The van der Waals surface area contributed by atoms with Crippen LogP contribution in [0.25, 0.3) is 0 Å². The fourth-order valence-electron chi connectivity index (χ4n) is 1.71. The Labute approximate surface area is 136 Å². The molecule has 0 aliphatic rings. The third kappa shape index (κ3) is 3.67. The average Bonchev–Trinajstić information content (AvgIpc) is 2.45. The minimum Gasteiger partial charge on any atom is -0.422 e. The summed E-state index contributed by atoms with van der Waals surface area (Å²) in [5.74, 6) is -0.224. The van der Waals surface area contributed by atoms with Gasteiger partial charge >= 0.3 is 5.97 Å². The van der Waals surface area contributed by atoms with Crippen molar-refractivity contribution in [2.45, 2.75) is 19.0 Å². The Morgan fingerprint density at radius 1 is 1.24 bits per heavy atom. The Kier molecular flexibility index (Phi) is 5.08. The molecule has 0 N–H and O–H groups in total. The molecule has 21 heavy (non-hydrogen) atoms. The number of aromatic nitrogens is 2. The van der Waals surface area contributed by atoms with Crippen LogP contribution in [0.15, 0.2) is 23.5 Å². The van der Waals surface area contributed by atoms with E-state index in [2.05, 4.69) is 9.97 Å². The number of carbonyl (C=O) groups is 1. The largest absolute Gasteiger partial charge is 0.422 e. The van der Waals surface area contributed by atoms with Crippen molar-refractivity contribution in [3.63, 3.8) is 0 Å². The van der Waals surface area contributed by atoms with Gasteiger partial charge in [0.1, 0.15) is 5.75 Å². The molecule has 2 aromatic rings. The smallest absolute Gasteiger partial charge is 0.364 e. The zero-order chi connectivity index (χ0) is 15.6. The van der Waals surface area contributed by atoms with Crippen LogP contribution in [0.3, 0.4) is 0 Å². The molecule has 0 amide bonds. The van der Waals surface area contributed by atoms with Crippen LogP contribution in [-0.2, 0) is 0 Å². The Balaban J connectivity index is 2.30. The fourth-order valence-corrected chi connectivity index (χ4v) is 2.33. The van der Waals surface area contributed by atoms with Gasteiger partial charge in [-0.05, 0) is 43.4 Å². The van der Waals surface area contributed by atoms with Crippen LogP contribution < -0.4 is 4.74 Å². The lowest BCUT2D eigenvalue weighted by molar-refractivity contribution is 0.0727. The predicted molar refractivity (Wildman–Crippen MR) is 84.7 cm³/mol. The van der Waals surface area contributed by atoms with Crippen molar-refractivity contribution < 1.29 is 9.53 Å². The third-order valence-electron chi connectivity index (χ3n) is 2.72. The van der Waals surface area contributed by atoms with E-state index in [1.807, 2.05) is 20.1 Å². The minimum atomic E-state index is -0.626. The number of ether oxygens (including phenoxy) is 1. The molecule has 7 heteroatoms. The lowest BCUT2D eigenvalue weighted by Gasteiger charge is -2.09. The van der Waals surface area contributed by atoms with Gasteiger partial charge in [0.2, 0.25) is 0 Å². The molecule has 0 fully saturated rings. The highest BCUT2D eigenvalue weighted by molar-refractivity contribution is 7.98. The van der Waals surface area contributed by atoms with Crippen molar-refractivity contribution in [1.82, 2.24) is 9.97 Å². The van der Waals surface area contributed by atoms with Crippen molar-refractivity contribution in [3.05, 3.63) is 45.2 Å². The molecule has 0 aliphatic carbocycles. The maximum absolute atomic E-state index is 12.2. The number of carbonyl (C=O) groups excluding carboxylic acids is 1. The lowest BCUT2D eigenvalue weighted by Crippen LogP contribution is -2.12. The monoisotopic (exact) mass is 342 g/mol. The van der Waals surface area contributed by atoms with Gasteiger partial charge in [0.05, 0.1) is 11.2 Å². The van der Waals surface area contributed by atoms with Crippen LogP contribution >= 0.6 is 35.0 Å². The van der Waals surface area contributed by atoms with E-state index in [9.17, 15) is 4.79 Å². The molecule has 0 radical (unpaired) electrons. The number of benzene rings is 1. The predicted octanol–water partition coefficient (Wildman–Crippen LogP) is 4.34. The van der Waals surface area contributed by atoms with E-state index in [1.165, 1.54) is 18.0 Å². The Bertz CT molecular complexity index is 684. The molecule has 0 spiro atoms. The first-order valence-corrected chi connectivity index (χ1v) is 7.96. The van der Waals surface area contributed by atoms with Gasteiger partial charge in [0.25, 0.3) is 0 Å². The number of hydrogen-bond acceptors (Lipinski definition) is 5. The summed E-state index contributed by atoms with van der Waals surface area (Å²) in [7, 11) is 0. The van der Waals surface area contributed by atoms with Crippen LogP contribution in [0.1, 0.15) is 21.6 Å². The number of thioether (sulfide) groups is 1. The lowest BCUT2D eigenvalue weighted by atomic mass is 10.1. The van der Waals surface area contributed by atoms with Crippen molar-refractivity contribution >= 4 is 40.9 Å². The van der Waals surface area contributed by atoms with E-state index >= 15 is 0 Å². The SMILES string of the molecule is CSc1ncc(Cl)c(C(=O)Oc2cc(C)c(Cl)c(C)c2)n1. The van der Waals surface area contributed by atoms with E-state index in [-0.39, 0.29) is 10.7 Å². The highest BCUT2D eigenvalue weighted by Crippen LogP contribution is 2.27. The Morgan fingerprint density at radius 3 is 2.43 bits per heavy atom. The highest BCUT2D eigenvalue weighted by atomic mass is 35.5. The number of rotatable bonds is 3. The molecule has 0 saturated heterocycles. The molecule has 4 nitrogen and oxygen atoms in total. The molecule has 0 saturated carbocycles. The molecule has 0 atom stereocenters. The molecule has 1 heterocycles. The molecule has 2 rings (SSSR count). The van der Waals surface area contributed by atoms with Gasteiger partial charge in [0.15, 0.2) is 10.9 Å². The molecular formula is C14H12Cl2N2O2S. The molecule has 0 aliphatic heterocycles.